The molecule has 0 aliphatic heterocycles. The molecule has 4 heteroatoms. The monoisotopic (exact) mass is 247 g/mol. The predicted molar refractivity (Wildman–Crippen MR) is 67.7 cm³/mol. The van der Waals surface area contributed by atoms with Crippen LogP contribution in [0.4, 0.5) is 0 Å². The Labute approximate surface area is 100 Å². The molecule has 1 heterocycles. The fourth-order valence-electron chi connectivity index (χ4n) is 1.02. The van der Waals surface area contributed by atoms with Gasteiger partial charge in [0.15, 0.2) is 0 Å². The minimum Gasteiger partial charge on any atom is -0.248 e. The zero-order valence-corrected chi connectivity index (χ0v) is 10.4. The Morgan fingerprint density at radius 1 is 1.29 bits per heavy atom. The van der Waals surface area contributed by atoms with Crippen LogP contribution in [0.5, 0.6) is 0 Å². The van der Waals surface area contributed by atoms with Crippen LogP contribution in [0, 0.1) is 0 Å². The van der Waals surface area contributed by atoms with Crippen LogP contribution in [0.25, 0.3) is 0 Å². The third-order valence-electron chi connectivity index (χ3n) is 1.75. The van der Waals surface area contributed by atoms with E-state index < -0.39 is 0 Å². The maximum atomic E-state index is 5.73. The molecule has 0 radical (unpaired) electrons. The summed E-state index contributed by atoms with van der Waals surface area (Å²) in [7, 11) is 0. The van der Waals surface area contributed by atoms with E-state index in [2.05, 4.69) is 17.6 Å². The van der Waals surface area contributed by atoms with Crippen LogP contribution in [-0.4, -0.2) is 16.5 Å². The van der Waals surface area contributed by atoms with E-state index in [9.17, 15) is 0 Å². The van der Waals surface area contributed by atoms with Crippen molar-refractivity contribution in [2.75, 3.05) is 11.5 Å². The molecule has 0 spiro atoms. The van der Waals surface area contributed by atoms with Crippen LogP contribution < -0.4 is 0 Å². The van der Waals surface area contributed by atoms with Gasteiger partial charge in [0.25, 0.3) is 0 Å². The Hall–Kier alpha value is 0.140. The smallest absolute Gasteiger partial charge is 0.0960 e. The summed E-state index contributed by atoms with van der Waals surface area (Å²) in [6, 6.07) is 3.84. The molecule has 0 amide bonds. The van der Waals surface area contributed by atoms with Gasteiger partial charge < -0.3 is 0 Å². The summed E-state index contributed by atoms with van der Waals surface area (Å²) in [5, 5.41) is 1.75. The van der Waals surface area contributed by atoms with Gasteiger partial charge in [-0.1, -0.05) is 18.0 Å². The fraction of sp³-hybridized carbons (Fsp3) is 0.500. The zero-order valence-electron chi connectivity index (χ0n) is 7.95. The van der Waals surface area contributed by atoms with Crippen LogP contribution in [0.3, 0.4) is 0 Å². The lowest BCUT2D eigenvalue weighted by Gasteiger charge is -2.00. The Morgan fingerprint density at radius 2 is 2.14 bits per heavy atom. The van der Waals surface area contributed by atoms with Crippen molar-refractivity contribution in [3.05, 3.63) is 23.4 Å². The first kappa shape index (κ1) is 12.2. The highest BCUT2D eigenvalue weighted by atomic mass is 35.5. The minimum absolute atomic E-state index is 0.699. The zero-order chi connectivity index (χ0) is 10.2. The first-order valence-electron chi connectivity index (χ1n) is 4.68. The first-order chi connectivity index (χ1) is 6.83. The van der Waals surface area contributed by atoms with Gasteiger partial charge in [-0.05, 0) is 36.5 Å². The second kappa shape index (κ2) is 7.43. The number of thiol groups is 1. The van der Waals surface area contributed by atoms with Crippen LogP contribution in [-0.2, 0) is 0 Å². The van der Waals surface area contributed by atoms with Crippen molar-refractivity contribution in [1.29, 1.82) is 0 Å². The van der Waals surface area contributed by atoms with Crippen LogP contribution in [0.15, 0.2) is 23.4 Å². The van der Waals surface area contributed by atoms with Gasteiger partial charge in [0, 0.05) is 6.20 Å². The summed E-state index contributed by atoms with van der Waals surface area (Å²) in [4.78, 5) is 4.21. The highest BCUT2D eigenvalue weighted by molar-refractivity contribution is 7.99. The Morgan fingerprint density at radius 3 is 2.79 bits per heavy atom. The van der Waals surface area contributed by atoms with Crippen molar-refractivity contribution < 1.29 is 0 Å². The number of aromatic nitrogens is 1. The molecule has 0 bridgehead atoms. The summed E-state index contributed by atoms with van der Waals surface area (Å²) in [6.45, 7) is 0. The maximum absolute atomic E-state index is 5.73. The van der Waals surface area contributed by atoms with Gasteiger partial charge in [0.05, 0.1) is 10.0 Å². The first-order valence-corrected chi connectivity index (χ1v) is 6.68. The highest BCUT2D eigenvalue weighted by Crippen LogP contribution is 2.18. The molecule has 1 rings (SSSR count). The van der Waals surface area contributed by atoms with Crippen molar-refractivity contribution in [3.8, 4) is 0 Å². The van der Waals surface area contributed by atoms with Crippen LogP contribution in [0.1, 0.15) is 19.3 Å². The molecule has 1 aromatic rings. The number of nitrogens with zero attached hydrogens (tertiary/aromatic N) is 1. The molecule has 78 valence electrons. The molecule has 0 saturated carbocycles. The van der Waals surface area contributed by atoms with Crippen molar-refractivity contribution in [3.63, 3.8) is 0 Å². The summed E-state index contributed by atoms with van der Waals surface area (Å²) in [5.74, 6) is 2.12. The van der Waals surface area contributed by atoms with E-state index in [4.69, 9.17) is 11.6 Å². The standard InChI is InChI=1S/C10H14ClNS2/c11-9-4-5-10(12-8-9)14-7-3-1-2-6-13/h4-5,8,13H,1-3,6-7H2. The molecule has 0 aromatic carbocycles. The Kier molecular flexibility index (Phi) is 6.48. The van der Waals surface area contributed by atoms with E-state index in [-0.39, 0.29) is 0 Å². The SMILES string of the molecule is SCCCCCSc1ccc(Cl)cn1. The molecule has 1 aromatic heterocycles. The largest absolute Gasteiger partial charge is 0.248 e. The lowest BCUT2D eigenvalue weighted by atomic mass is 10.3. The number of thioether (sulfide) groups is 1. The third-order valence-corrected chi connectivity index (χ3v) is 3.32. The number of rotatable bonds is 6. The van der Waals surface area contributed by atoms with E-state index in [1.807, 2.05) is 12.1 Å². The van der Waals surface area contributed by atoms with Crippen molar-refractivity contribution in [1.82, 2.24) is 4.98 Å². The average molecular weight is 248 g/mol. The van der Waals surface area contributed by atoms with Gasteiger partial charge in [0.1, 0.15) is 0 Å². The molecule has 0 N–H and O–H groups in total. The topological polar surface area (TPSA) is 12.9 Å². The molecule has 0 saturated heterocycles. The Bertz CT molecular complexity index is 251. The average Bonchev–Trinajstić information content (AvgIpc) is 2.21. The van der Waals surface area contributed by atoms with E-state index in [1.165, 1.54) is 19.3 Å². The molecule has 0 aliphatic carbocycles. The van der Waals surface area contributed by atoms with Gasteiger partial charge in [-0.15, -0.1) is 11.8 Å². The molecule has 14 heavy (non-hydrogen) atoms. The number of halogens is 1. The second-order valence-corrected chi connectivity index (χ2v) is 4.95. The van der Waals surface area contributed by atoms with E-state index >= 15 is 0 Å². The fourth-order valence-corrected chi connectivity index (χ4v) is 2.20. The number of pyridine rings is 1. The van der Waals surface area contributed by atoms with E-state index in [1.54, 1.807) is 18.0 Å². The van der Waals surface area contributed by atoms with Gasteiger partial charge in [0.2, 0.25) is 0 Å². The summed E-state index contributed by atoms with van der Waals surface area (Å²) in [5.41, 5.74) is 0. The number of hydrogen-bond acceptors (Lipinski definition) is 3. The lowest BCUT2D eigenvalue weighted by molar-refractivity contribution is 0.786. The maximum Gasteiger partial charge on any atom is 0.0960 e. The van der Waals surface area contributed by atoms with Crippen LogP contribution in [0.2, 0.25) is 5.02 Å². The summed E-state index contributed by atoms with van der Waals surface area (Å²) < 4.78 is 0. The normalized spacial score (nSPS) is 10.4. The van der Waals surface area contributed by atoms with Gasteiger partial charge in [-0.2, -0.15) is 12.6 Å². The number of hydrogen-bond donors (Lipinski definition) is 1. The minimum atomic E-state index is 0.699. The third kappa shape index (κ3) is 5.13. The second-order valence-electron chi connectivity index (χ2n) is 2.95. The van der Waals surface area contributed by atoms with Crippen molar-refractivity contribution in [2.45, 2.75) is 24.3 Å². The predicted octanol–water partition coefficient (Wildman–Crippen LogP) is 3.93. The molecular formula is C10H14ClNS2. The quantitative estimate of drug-likeness (QED) is 0.465. The van der Waals surface area contributed by atoms with E-state index in [0.717, 1.165) is 16.5 Å². The van der Waals surface area contributed by atoms with Gasteiger partial charge >= 0.3 is 0 Å². The molecule has 0 fully saturated rings. The molecule has 0 atom stereocenters. The van der Waals surface area contributed by atoms with Gasteiger partial charge in [-0.25, -0.2) is 4.98 Å². The van der Waals surface area contributed by atoms with Gasteiger partial charge in [-0.3, -0.25) is 0 Å². The highest BCUT2D eigenvalue weighted by Gasteiger charge is 1.95. The molecular weight excluding hydrogens is 234 g/mol. The summed E-state index contributed by atoms with van der Waals surface area (Å²) >= 11 is 11.7. The molecule has 0 unspecified atom stereocenters. The molecule has 1 nitrogen and oxygen atoms in total. The van der Waals surface area contributed by atoms with Crippen LogP contribution >= 0.6 is 36.0 Å². The number of unbranched alkanes of at least 4 members (excludes halogenated alkanes) is 2. The van der Waals surface area contributed by atoms with Crippen molar-refractivity contribution in [2.24, 2.45) is 0 Å². The lowest BCUT2D eigenvalue weighted by Crippen LogP contribution is -1.84. The van der Waals surface area contributed by atoms with E-state index in [0.29, 0.717) is 5.02 Å². The Balaban J connectivity index is 2.15. The molecule has 0 aliphatic rings. The van der Waals surface area contributed by atoms with Crippen molar-refractivity contribution >= 4 is 36.0 Å². The summed E-state index contributed by atoms with van der Waals surface area (Å²) in [6.07, 6.45) is 5.38.